The average Bonchev–Trinajstić information content (AvgIpc) is 2.71. The SMILES string of the molecule is CCC(C)CC(C)(C)c1ccc(OCCOCC[N+](C)(C)Cc2ccccc2)cc1. The topological polar surface area (TPSA) is 18.5 Å². The number of nitrogens with zero attached hydrogens (tertiary/aromatic N) is 1. The van der Waals surface area contributed by atoms with Crippen LogP contribution in [0.3, 0.4) is 0 Å². The van der Waals surface area contributed by atoms with Gasteiger partial charge in [0, 0.05) is 5.56 Å². The number of hydrogen-bond donors (Lipinski definition) is 0. The maximum absolute atomic E-state index is 5.87. The van der Waals surface area contributed by atoms with Crippen molar-refractivity contribution in [1.29, 1.82) is 0 Å². The van der Waals surface area contributed by atoms with Crippen LogP contribution in [0.5, 0.6) is 5.75 Å². The van der Waals surface area contributed by atoms with Crippen molar-refractivity contribution in [1.82, 2.24) is 0 Å². The highest BCUT2D eigenvalue weighted by atomic mass is 16.5. The van der Waals surface area contributed by atoms with Crippen molar-refractivity contribution >= 4 is 0 Å². The zero-order valence-corrected chi connectivity index (χ0v) is 20.0. The molecule has 1 atom stereocenters. The number of quaternary nitrogens is 1. The third kappa shape index (κ3) is 8.49. The first-order valence-corrected chi connectivity index (χ1v) is 11.4. The highest BCUT2D eigenvalue weighted by Crippen LogP contribution is 2.32. The number of ether oxygens (including phenoxy) is 2. The van der Waals surface area contributed by atoms with Crippen LogP contribution in [0.15, 0.2) is 54.6 Å². The van der Waals surface area contributed by atoms with Crippen molar-refractivity contribution < 1.29 is 14.0 Å². The molecule has 0 saturated carbocycles. The summed E-state index contributed by atoms with van der Waals surface area (Å²) in [6.45, 7) is 13.2. The van der Waals surface area contributed by atoms with Crippen molar-refractivity contribution in [3.8, 4) is 5.75 Å². The van der Waals surface area contributed by atoms with Crippen LogP contribution in [-0.2, 0) is 16.7 Å². The predicted molar refractivity (Wildman–Crippen MR) is 127 cm³/mol. The van der Waals surface area contributed by atoms with Gasteiger partial charge in [0.15, 0.2) is 0 Å². The Morgan fingerprint density at radius 2 is 1.57 bits per heavy atom. The van der Waals surface area contributed by atoms with Crippen molar-refractivity contribution in [3.05, 3.63) is 65.7 Å². The van der Waals surface area contributed by atoms with Crippen LogP contribution in [0.2, 0.25) is 0 Å². The molecule has 0 radical (unpaired) electrons. The highest BCUT2D eigenvalue weighted by Gasteiger charge is 2.22. The Morgan fingerprint density at radius 1 is 0.900 bits per heavy atom. The van der Waals surface area contributed by atoms with Crippen LogP contribution >= 0.6 is 0 Å². The second kappa shape index (κ2) is 11.5. The fraction of sp³-hybridized carbons (Fsp3) is 0.556. The lowest BCUT2D eigenvalue weighted by Gasteiger charge is -2.29. The minimum Gasteiger partial charge on any atom is -0.491 e. The van der Waals surface area contributed by atoms with Crippen LogP contribution in [0.4, 0.5) is 0 Å². The molecule has 3 heteroatoms. The first-order chi connectivity index (χ1) is 14.2. The quantitative estimate of drug-likeness (QED) is 0.293. The van der Waals surface area contributed by atoms with E-state index >= 15 is 0 Å². The highest BCUT2D eigenvalue weighted by molar-refractivity contribution is 5.31. The number of hydrogen-bond acceptors (Lipinski definition) is 2. The maximum Gasteiger partial charge on any atom is 0.119 e. The van der Waals surface area contributed by atoms with Crippen molar-refractivity contribution in [3.63, 3.8) is 0 Å². The van der Waals surface area contributed by atoms with Crippen LogP contribution in [0, 0.1) is 5.92 Å². The molecular formula is C27H42NO2+. The largest absolute Gasteiger partial charge is 0.491 e. The molecule has 0 aliphatic carbocycles. The monoisotopic (exact) mass is 412 g/mol. The van der Waals surface area contributed by atoms with Gasteiger partial charge in [-0.2, -0.15) is 0 Å². The van der Waals surface area contributed by atoms with Gasteiger partial charge in [0.2, 0.25) is 0 Å². The molecule has 3 nitrogen and oxygen atoms in total. The first-order valence-electron chi connectivity index (χ1n) is 11.4. The smallest absolute Gasteiger partial charge is 0.119 e. The zero-order valence-electron chi connectivity index (χ0n) is 20.0. The van der Waals surface area contributed by atoms with E-state index in [1.165, 1.54) is 24.0 Å². The molecule has 0 fully saturated rings. The van der Waals surface area contributed by atoms with Crippen molar-refractivity contribution in [2.75, 3.05) is 40.5 Å². The lowest BCUT2D eigenvalue weighted by Crippen LogP contribution is -2.41. The Balaban J connectivity index is 1.67. The lowest BCUT2D eigenvalue weighted by atomic mass is 9.77. The Bertz CT molecular complexity index is 722. The third-order valence-electron chi connectivity index (χ3n) is 5.98. The summed E-state index contributed by atoms with van der Waals surface area (Å²) in [6.07, 6.45) is 2.43. The number of likely N-dealkylation sites (N-methyl/N-ethyl adjacent to an activating group) is 1. The molecule has 0 aliphatic rings. The van der Waals surface area contributed by atoms with E-state index in [1.807, 2.05) is 0 Å². The molecular weight excluding hydrogens is 370 g/mol. The summed E-state index contributed by atoms with van der Waals surface area (Å²) < 4.78 is 12.6. The molecule has 0 amide bonds. The third-order valence-corrected chi connectivity index (χ3v) is 5.98. The summed E-state index contributed by atoms with van der Waals surface area (Å²) in [6, 6.07) is 19.2. The molecule has 30 heavy (non-hydrogen) atoms. The lowest BCUT2D eigenvalue weighted by molar-refractivity contribution is -0.904. The summed E-state index contributed by atoms with van der Waals surface area (Å²) in [5.74, 6) is 1.66. The summed E-state index contributed by atoms with van der Waals surface area (Å²) in [7, 11) is 4.49. The molecule has 2 aromatic rings. The molecule has 0 aliphatic heterocycles. The van der Waals surface area contributed by atoms with E-state index < -0.39 is 0 Å². The van der Waals surface area contributed by atoms with Crippen LogP contribution in [0.1, 0.15) is 51.7 Å². The molecule has 0 bridgehead atoms. The van der Waals surface area contributed by atoms with E-state index in [0.29, 0.717) is 13.2 Å². The molecule has 1 unspecified atom stereocenters. The number of benzene rings is 2. The van der Waals surface area contributed by atoms with Gasteiger partial charge in [-0.05, 0) is 35.4 Å². The summed E-state index contributed by atoms with van der Waals surface area (Å²) in [5, 5.41) is 0. The van der Waals surface area contributed by atoms with Gasteiger partial charge in [-0.1, -0.05) is 76.6 Å². The standard InChI is InChI=1S/C27H42NO2/c1-7-23(2)21-27(3,4)25-13-15-26(16-14-25)30-20-19-29-18-17-28(5,6)22-24-11-9-8-10-12-24/h8-16,23H,7,17-22H2,1-6H3/q+1. The maximum atomic E-state index is 5.87. The van der Waals surface area contributed by atoms with Gasteiger partial charge in [-0.15, -0.1) is 0 Å². The van der Waals surface area contributed by atoms with Crippen molar-refractivity contribution in [2.24, 2.45) is 5.92 Å². The molecule has 0 heterocycles. The van der Waals surface area contributed by atoms with Gasteiger partial charge in [0.05, 0.1) is 27.3 Å². The van der Waals surface area contributed by atoms with Crippen LogP contribution in [0.25, 0.3) is 0 Å². The van der Waals surface area contributed by atoms with E-state index in [0.717, 1.165) is 35.8 Å². The predicted octanol–water partition coefficient (Wildman–Crippen LogP) is 6.07. The Morgan fingerprint density at radius 3 is 2.20 bits per heavy atom. The van der Waals surface area contributed by atoms with Gasteiger partial charge in [-0.25, -0.2) is 0 Å². The molecule has 2 aromatic carbocycles. The second-order valence-corrected chi connectivity index (χ2v) is 9.89. The molecule has 0 aromatic heterocycles. The molecule has 2 rings (SSSR count). The molecule has 0 spiro atoms. The zero-order chi connectivity index (χ0) is 22.0. The minimum atomic E-state index is 0.196. The first kappa shape index (κ1) is 24.4. The van der Waals surface area contributed by atoms with Gasteiger partial charge in [0.1, 0.15) is 25.4 Å². The normalized spacial score (nSPS) is 13.3. The minimum absolute atomic E-state index is 0.196. The van der Waals surface area contributed by atoms with Crippen LogP contribution < -0.4 is 4.74 Å². The average molecular weight is 413 g/mol. The van der Waals surface area contributed by atoms with E-state index in [9.17, 15) is 0 Å². The second-order valence-electron chi connectivity index (χ2n) is 9.89. The van der Waals surface area contributed by atoms with Crippen LogP contribution in [-0.4, -0.2) is 44.9 Å². The Labute approximate surface area is 184 Å². The van der Waals surface area contributed by atoms with E-state index in [2.05, 4.69) is 96.4 Å². The fourth-order valence-corrected chi connectivity index (χ4v) is 3.92. The van der Waals surface area contributed by atoms with E-state index in [4.69, 9.17) is 9.47 Å². The molecule has 166 valence electrons. The van der Waals surface area contributed by atoms with Gasteiger partial charge in [0.25, 0.3) is 0 Å². The van der Waals surface area contributed by atoms with Gasteiger partial charge < -0.3 is 14.0 Å². The summed E-state index contributed by atoms with van der Waals surface area (Å²) >= 11 is 0. The molecule has 0 N–H and O–H groups in total. The van der Waals surface area contributed by atoms with Gasteiger partial charge >= 0.3 is 0 Å². The molecule has 0 saturated heterocycles. The fourth-order valence-electron chi connectivity index (χ4n) is 3.92. The number of rotatable bonds is 13. The Kier molecular flexibility index (Phi) is 9.38. The van der Waals surface area contributed by atoms with E-state index in [-0.39, 0.29) is 5.41 Å². The summed E-state index contributed by atoms with van der Waals surface area (Å²) in [5.41, 5.74) is 2.94. The van der Waals surface area contributed by atoms with Gasteiger partial charge in [-0.3, -0.25) is 0 Å². The summed E-state index contributed by atoms with van der Waals surface area (Å²) in [4.78, 5) is 0. The Hall–Kier alpha value is -1.84. The van der Waals surface area contributed by atoms with Crippen molar-refractivity contribution in [2.45, 2.75) is 52.5 Å². The van der Waals surface area contributed by atoms with E-state index in [1.54, 1.807) is 0 Å².